The van der Waals surface area contributed by atoms with Crippen molar-refractivity contribution in [1.82, 2.24) is 0 Å². The van der Waals surface area contributed by atoms with E-state index in [1.807, 2.05) is 6.92 Å². The number of Topliss-reactive ketones (excluding diaryl/α,β-unsaturated/α-hetero) is 1. The van der Waals surface area contributed by atoms with Gasteiger partial charge in [0.25, 0.3) is 0 Å². The van der Waals surface area contributed by atoms with Crippen LogP contribution in [0.4, 0.5) is 0 Å². The summed E-state index contributed by atoms with van der Waals surface area (Å²) in [7, 11) is 0. The number of ether oxygens (including phenoxy) is 2. The fraction of sp³-hybridized carbons (Fsp3) is 0.739. The summed E-state index contributed by atoms with van der Waals surface area (Å²) in [5.41, 5.74) is 0.373. The van der Waals surface area contributed by atoms with Crippen molar-refractivity contribution in [3.8, 4) is 0 Å². The highest BCUT2D eigenvalue weighted by molar-refractivity contribution is 5.98. The van der Waals surface area contributed by atoms with Crippen LogP contribution in [-0.2, 0) is 28.7 Å². The summed E-state index contributed by atoms with van der Waals surface area (Å²) in [6.07, 6.45) is 5.13. The second-order valence-electron chi connectivity index (χ2n) is 9.86. The molecule has 3 saturated carbocycles. The van der Waals surface area contributed by atoms with Gasteiger partial charge >= 0.3 is 11.9 Å². The van der Waals surface area contributed by atoms with E-state index in [0.717, 1.165) is 31.3 Å². The quantitative estimate of drug-likeness (QED) is 0.660. The topological polar surface area (TPSA) is 86.7 Å². The number of esters is 2. The summed E-state index contributed by atoms with van der Waals surface area (Å²) in [6, 6.07) is 0. The molecule has 6 heteroatoms. The first-order valence-corrected chi connectivity index (χ1v) is 10.7. The van der Waals surface area contributed by atoms with E-state index in [2.05, 4.69) is 6.92 Å². The zero-order valence-corrected chi connectivity index (χ0v) is 17.7. The second kappa shape index (κ2) is 6.78. The normalized spacial score (nSPS) is 43.6. The van der Waals surface area contributed by atoms with Crippen molar-refractivity contribution in [2.75, 3.05) is 0 Å². The molecule has 4 aliphatic rings. The Kier molecular flexibility index (Phi) is 4.74. The molecule has 7 atom stereocenters. The van der Waals surface area contributed by atoms with Crippen LogP contribution in [0.3, 0.4) is 0 Å². The Morgan fingerprint density at radius 2 is 1.62 bits per heavy atom. The first kappa shape index (κ1) is 20.3. The number of allylic oxidation sites excluding steroid dienone is 1. The highest BCUT2D eigenvalue weighted by Crippen LogP contribution is 2.63. The Hall–Kier alpha value is -1.98. The monoisotopic (exact) mass is 402 g/mol. The number of ketones is 2. The molecule has 0 aromatic heterocycles. The van der Waals surface area contributed by atoms with Crippen LogP contribution in [0.25, 0.3) is 0 Å². The van der Waals surface area contributed by atoms with Gasteiger partial charge in [0.1, 0.15) is 6.10 Å². The van der Waals surface area contributed by atoms with Crippen LogP contribution in [-0.4, -0.2) is 35.7 Å². The Balaban J connectivity index is 1.65. The van der Waals surface area contributed by atoms with E-state index in [1.165, 1.54) is 13.8 Å². The van der Waals surface area contributed by atoms with Crippen LogP contribution in [0, 0.1) is 28.6 Å². The van der Waals surface area contributed by atoms with Crippen molar-refractivity contribution in [2.24, 2.45) is 28.6 Å². The summed E-state index contributed by atoms with van der Waals surface area (Å²) < 4.78 is 10.7. The molecule has 2 unspecified atom stereocenters. The van der Waals surface area contributed by atoms with E-state index in [4.69, 9.17) is 9.47 Å². The maximum Gasteiger partial charge on any atom is 0.303 e. The van der Waals surface area contributed by atoms with Crippen molar-refractivity contribution in [3.63, 3.8) is 0 Å². The SMILES string of the molecule is CC(=O)OC1C[C@H]2[C@@H]3C(=O)C=C4C[C@@H](OC(C)=O)CC[C@]4(C)C3CC[C@]2(C)C1=O. The van der Waals surface area contributed by atoms with Crippen molar-refractivity contribution in [2.45, 2.75) is 78.4 Å². The van der Waals surface area contributed by atoms with Gasteiger partial charge in [0, 0.05) is 31.6 Å². The maximum absolute atomic E-state index is 13.3. The Bertz CT molecular complexity index is 812. The maximum atomic E-state index is 13.3. The van der Waals surface area contributed by atoms with E-state index in [0.29, 0.717) is 12.8 Å². The van der Waals surface area contributed by atoms with Gasteiger partial charge in [-0.25, -0.2) is 0 Å². The minimum atomic E-state index is -0.730. The lowest BCUT2D eigenvalue weighted by Gasteiger charge is -2.55. The Labute approximate surface area is 171 Å². The minimum Gasteiger partial charge on any atom is -0.462 e. The van der Waals surface area contributed by atoms with E-state index in [-0.39, 0.29) is 46.8 Å². The van der Waals surface area contributed by atoms with E-state index < -0.39 is 17.5 Å². The molecule has 0 amide bonds. The highest BCUT2D eigenvalue weighted by Gasteiger charge is 2.64. The molecule has 3 fully saturated rings. The van der Waals surface area contributed by atoms with E-state index >= 15 is 0 Å². The lowest BCUT2D eigenvalue weighted by Crippen LogP contribution is -2.53. The van der Waals surface area contributed by atoms with Crippen LogP contribution in [0.15, 0.2) is 11.6 Å². The molecule has 0 aromatic rings. The molecular weight excluding hydrogens is 372 g/mol. The summed E-state index contributed by atoms with van der Waals surface area (Å²) in [6.45, 7) is 6.93. The zero-order chi connectivity index (χ0) is 21.1. The first-order chi connectivity index (χ1) is 13.6. The number of carbonyl (C=O) groups excluding carboxylic acids is 4. The smallest absolute Gasteiger partial charge is 0.303 e. The molecule has 0 spiro atoms. The standard InChI is InChI=1S/C23H30O6/c1-12(24)28-15-5-7-22(3)14(9-15)10-18(26)20-16(22)6-8-23(4)17(20)11-19(21(23)27)29-13(2)25/h10,15-17,19-20H,5-9,11H2,1-4H3/t15-,16?,17-,19?,20+,22-,23-/m0/s1. The molecule has 0 bridgehead atoms. The predicted molar refractivity (Wildman–Crippen MR) is 104 cm³/mol. The molecule has 0 saturated heterocycles. The lowest BCUT2D eigenvalue weighted by atomic mass is 9.48. The fourth-order valence-corrected chi connectivity index (χ4v) is 6.78. The molecule has 0 radical (unpaired) electrons. The third-order valence-corrected chi connectivity index (χ3v) is 8.25. The molecule has 0 aromatic carbocycles. The predicted octanol–water partition coefficient (Wildman–Crippen LogP) is 3.17. The zero-order valence-electron chi connectivity index (χ0n) is 17.7. The number of rotatable bonds is 2. The van der Waals surface area contributed by atoms with Crippen molar-refractivity contribution >= 4 is 23.5 Å². The van der Waals surface area contributed by atoms with E-state index in [9.17, 15) is 19.2 Å². The van der Waals surface area contributed by atoms with E-state index in [1.54, 1.807) is 6.08 Å². The fourth-order valence-electron chi connectivity index (χ4n) is 6.78. The largest absolute Gasteiger partial charge is 0.462 e. The van der Waals surface area contributed by atoms with Crippen molar-refractivity contribution in [3.05, 3.63) is 11.6 Å². The molecule has 6 nitrogen and oxygen atoms in total. The third-order valence-electron chi connectivity index (χ3n) is 8.25. The molecule has 29 heavy (non-hydrogen) atoms. The van der Waals surface area contributed by atoms with Crippen molar-refractivity contribution in [1.29, 1.82) is 0 Å². The molecule has 0 aliphatic heterocycles. The van der Waals surface area contributed by atoms with Crippen LogP contribution in [0.5, 0.6) is 0 Å². The first-order valence-electron chi connectivity index (χ1n) is 10.7. The Morgan fingerprint density at radius 3 is 2.28 bits per heavy atom. The molecule has 158 valence electrons. The third kappa shape index (κ3) is 3.06. The number of carbonyl (C=O) groups is 4. The van der Waals surface area contributed by atoms with Crippen LogP contribution < -0.4 is 0 Å². The van der Waals surface area contributed by atoms with Crippen molar-refractivity contribution < 1.29 is 28.7 Å². The highest BCUT2D eigenvalue weighted by atomic mass is 16.5. The number of hydrogen-bond acceptors (Lipinski definition) is 6. The van der Waals surface area contributed by atoms with Crippen LogP contribution in [0.2, 0.25) is 0 Å². The molecule has 0 N–H and O–H groups in total. The average molecular weight is 402 g/mol. The van der Waals surface area contributed by atoms with Gasteiger partial charge in [-0.2, -0.15) is 0 Å². The van der Waals surface area contributed by atoms with Gasteiger partial charge in [0.2, 0.25) is 0 Å². The van der Waals surface area contributed by atoms with Gasteiger partial charge in [-0.1, -0.05) is 19.4 Å². The van der Waals surface area contributed by atoms with Gasteiger partial charge in [0.15, 0.2) is 17.7 Å². The summed E-state index contributed by atoms with van der Waals surface area (Å²) in [5.74, 6) is -0.803. The molecular formula is C23H30O6. The second-order valence-corrected chi connectivity index (χ2v) is 9.86. The lowest BCUT2D eigenvalue weighted by molar-refractivity contribution is -0.154. The Morgan fingerprint density at radius 1 is 0.966 bits per heavy atom. The minimum absolute atomic E-state index is 0.0255. The molecule has 0 heterocycles. The summed E-state index contributed by atoms with van der Waals surface area (Å²) >= 11 is 0. The molecule has 4 rings (SSSR count). The van der Waals surface area contributed by atoms with Gasteiger partial charge in [-0.3, -0.25) is 19.2 Å². The summed E-state index contributed by atoms with van der Waals surface area (Å²) in [5, 5.41) is 0. The number of fused-ring (bicyclic) bond motifs is 5. The molecule has 4 aliphatic carbocycles. The summed E-state index contributed by atoms with van der Waals surface area (Å²) in [4.78, 5) is 49.1. The van der Waals surface area contributed by atoms with Gasteiger partial charge in [-0.15, -0.1) is 0 Å². The number of hydrogen-bond donors (Lipinski definition) is 0. The van der Waals surface area contributed by atoms with Gasteiger partial charge in [-0.05, 0) is 55.4 Å². The van der Waals surface area contributed by atoms with Crippen LogP contribution >= 0.6 is 0 Å². The van der Waals surface area contributed by atoms with Gasteiger partial charge in [0.05, 0.1) is 0 Å². The van der Waals surface area contributed by atoms with Gasteiger partial charge < -0.3 is 9.47 Å². The average Bonchev–Trinajstić information content (AvgIpc) is 2.87. The van der Waals surface area contributed by atoms with Crippen LogP contribution in [0.1, 0.15) is 66.2 Å².